The highest BCUT2D eigenvalue weighted by Crippen LogP contribution is 2.36. The molecule has 0 aliphatic carbocycles. The van der Waals surface area contributed by atoms with Gasteiger partial charge in [0, 0.05) is 23.7 Å². The Bertz CT molecular complexity index is 963. The van der Waals surface area contributed by atoms with Gasteiger partial charge in [0.2, 0.25) is 17.7 Å². The summed E-state index contributed by atoms with van der Waals surface area (Å²) >= 11 is 1.27. The van der Waals surface area contributed by atoms with E-state index in [1.807, 2.05) is 24.3 Å². The number of carbonyl (C=O) groups is 3. The van der Waals surface area contributed by atoms with Crippen molar-refractivity contribution in [2.24, 2.45) is 5.92 Å². The maximum atomic E-state index is 13.1. The van der Waals surface area contributed by atoms with Crippen molar-refractivity contribution in [3.05, 3.63) is 48.5 Å². The largest absolute Gasteiger partial charge is 0.497 e. The quantitative estimate of drug-likeness (QED) is 0.736. The number of ether oxygens (including phenoxy) is 1. The molecule has 4 rings (SSSR count). The van der Waals surface area contributed by atoms with Crippen LogP contribution in [0.25, 0.3) is 0 Å². The van der Waals surface area contributed by atoms with E-state index >= 15 is 0 Å². The molecule has 2 aromatic carbocycles. The molecule has 0 aromatic heterocycles. The number of piperidine rings is 1. The summed E-state index contributed by atoms with van der Waals surface area (Å²) in [4.78, 5) is 40.8. The predicted molar refractivity (Wildman–Crippen MR) is 116 cm³/mol. The summed E-state index contributed by atoms with van der Waals surface area (Å²) in [5.74, 6) is -0.271. The number of methoxy groups -OCH3 is 1. The molecule has 2 aliphatic heterocycles. The number of thioether (sulfide) groups is 1. The lowest BCUT2D eigenvalue weighted by Crippen LogP contribution is -2.50. The highest BCUT2D eigenvalue weighted by atomic mass is 32.2. The number of anilines is 2. The summed E-state index contributed by atoms with van der Waals surface area (Å²) < 4.78 is 5.13. The second kappa shape index (κ2) is 8.79. The normalized spacial score (nSPS) is 20.7. The first-order chi connectivity index (χ1) is 14.5. The number of nitrogens with one attached hydrogen (secondary N) is 2. The van der Waals surface area contributed by atoms with Gasteiger partial charge in [-0.3, -0.25) is 14.4 Å². The van der Waals surface area contributed by atoms with Crippen LogP contribution in [-0.2, 0) is 14.4 Å². The second-order valence-corrected chi connectivity index (χ2v) is 8.47. The standard InChI is InChI=1S/C22H23N3O4S/c1-29-16-10-8-15(9-11-16)23-20(26)14-5-4-12-25(13-14)22(28)19-21(27)24-17-6-2-3-7-18(17)30-19/h2-3,6-11,14,19H,4-5,12-13H2,1H3,(H,23,26)(H,24,27). The van der Waals surface area contributed by atoms with Crippen molar-refractivity contribution in [1.29, 1.82) is 0 Å². The van der Waals surface area contributed by atoms with Crippen molar-refractivity contribution in [2.45, 2.75) is 23.0 Å². The van der Waals surface area contributed by atoms with E-state index in [-0.39, 0.29) is 23.6 Å². The number of carbonyl (C=O) groups excluding carboxylic acids is 3. The number of benzene rings is 2. The summed E-state index contributed by atoms with van der Waals surface area (Å²) in [7, 11) is 1.59. The molecule has 30 heavy (non-hydrogen) atoms. The number of hydrogen-bond acceptors (Lipinski definition) is 5. The van der Waals surface area contributed by atoms with Gasteiger partial charge in [0.1, 0.15) is 5.75 Å². The van der Waals surface area contributed by atoms with E-state index in [1.54, 1.807) is 36.3 Å². The van der Waals surface area contributed by atoms with Gasteiger partial charge in [0.15, 0.2) is 5.25 Å². The Kier molecular flexibility index (Phi) is 5.94. The molecule has 2 unspecified atom stereocenters. The molecule has 2 atom stereocenters. The average molecular weight is 426 g/mol. The van der Waals surface area contributed by atoms with Crippen LogP contribution in [0, 0.1) is 5.92 Å². The molecule has 1 saturated heterocycles. The average Bonchev–Trinajstić information content (AvgIpc) is 2.78. The molecule has 8 heteroatoms. The van der Waals surface area contributed by atoms with Crippen LogP contribution in [0.1, 0.15) is 12.8 Å². The number of likely N-dealkylation sites (tertiary alicyclic amines) is 1. The number of fused-ring (bicyclic) bond motifs is 1. The lowest BCUT2D eigenvalue weighted by molar-refractivity contribution is -0.136. The first kappa shape index (κ1) is 20.3. The van der Waals surface area contributed by atoms with Crippen LogP contribution >= 0.6 is 11.8 Å². The fourth-order valence-electron chi connectivity index (χ4n) is 3.69. The van der Waals surface area contributed by atoms with Crippen LogP contribution in [-0.4, -0.2) is 48.1 Å². The molecule has 2 N–H and O–H groups in total. The van der Waals surface area contributed by atoms with Gasteiger partial charge in [-0.05, 0) is 49.2 Å². The van der Waals surface area contributed by atoms with E-state index < -0.39 is 5.25 Å². The maximum absolute atomic E-state index is 13.1. The molecule has 0 spiro atoms. The SMILES string of the molecule is COc1ccc(NC(=O)C2CCCN(C(=O)C3Sc4ccccc4NC3=O)C2)cc1. The van der Waals surface area contributed by atoms with Crippen LogP contribution in [0.5, 0.6) is 5.75 Å². The van der Waals surface area contributed by atoms with E-state index in [0.29, 0.717) is 30.9 Å². The molecule has 3 amide bonds. The number of para-hydroxylation sites is 1. The van der Waals surface area contributed by atoms with E-state index in [4.69, 9.17) is 4.74 Å². The van der Waals surface area contributed by atoms with Gasteiger partial charge >= 0.3 is 0 Å². The third kappa shape index (κ3) is 4.28. The van der Waals surface area contributed by atoms with Crippen molar-refractivity contribution < 1.29 is 19.1 Å². The number of rotatable bonds is 4. The summed E-state index contributed by atoms with van der Waals surface area (Å²) in [6, 6.07) is 14.6. The van der Waals surface area contributed by atoms with Crippen LogP contribution in [0.15, 0.2) is 53.4 Å². The minimum Gasteiger partial charge on any atom is -0.497 e. The molecular weight excluding hydrogens is 402 g/mol. The molecule has 156 valence electrons. The van der Waals surface area contributed by atoms with Gasteiger partial charge in [-0.15, -0.1) is 11.8 Å². The number of hydrogen-bond donors (Lipinski definition) is 2. The van der Waals surface area contributed by atoms with Crippen molar-refractivity contribution in [3.8, 4) is 5.75 Å². The van der Waals surface area contributed by atoms with Gasteiger partial charge in [-0.1, -0.05) is 12.1 Å². The molecule has 2 aliphatic rings. The number of amides is 3. The minimum absolute atomic E-state index is 0.122. The number of nitrogens with zero attached hydrogens (tertiary/aromatic N) is 1. The van der Waals surface area contributed by atoms with Gasteiger partial charge in [0.05, 0.1) is 18.7 Å². The van der Waals surface area contributed by atoms with E-state index in [9.17, 15) is 14.4 Å². The topological polar surface area (TPSA) is 87.7 Å². The van der Waals surface area contributed by atoms with Gasteiger partial charge in [-0.2, -0.15) is 0 Å². The lowest BCUT2D eigenvalue weighted by Gasteiger charge is -2.35. The molecule has 1 fully saturated rings. The molecule has 7 nitrogen and oxygen atoms in total. The van der Waals surface area contributed by atoms with Crippen molar-refractivity contribution >= 4 is 40.9 Å². The first-order valence-corrected chi connectivity index (χ1v) is 10.7. The van der Waals surface area contributed by atoms with Gasteiger partial charge in [-0.25, -0.2) is 0 Å². The highest BCUT2D eigenvalue weighted by molar-refractivity contribution is 8.01. The zero-order valence-electron chi connectivity index (χ0n) is 16.6. The maximum Gasteiger partial charge on any atom is 0.247 e. The molecule has 0 bridgehead atoms. The molecule has 2 aromatic rings. The van der Waals surface area contributed by atoms with Gasteiger partial charge < -0.3 is 20.3 Å². The van der Waals surface area contributed by atoms with Gasteiger partial charge in [0.25, 0.3) is 0 Å². The molecular formula is C22H23N3O4S. The minimum atomic E-state index is -0.830. The summed E-state index contributed by atoms with van der Waals surface area (Å²) in [6.45, 7) is 0.865. The van der Waals surface area contributed by atoms with Crippen molar-refractivity contribution in [1.82, 2.24) is 4.90 Å². The van der Waals surface area contributed by atoms with Crippen LogP contribution in [0.2, 0.25) is 0 Å². The smallest absolute Gasteiger partial charge is 0.247 e. The predicted octanol–water partition coefficient (Wildman–Crippen LogP) is 2.99. The Morgan fingerprint density at radius 1 is 1.17 bits per heavy atom. The van der Waals surface area contributed by atoms with Crippen LogP contribution in [0.3, 0.4) is 0 Å². The van der Waals surface area contributed by atoms with Crippen LogP contribution < -0.4 is 15.4 Å². The molecule has 0 radical (unpaired) electrons. The lowest BCUT2D eigenvalue weighted by atomic mass is 9.96. The Morgan fingerprint density at radius 2 is 1.93 bits per heavy atom. The van der Waals surface area contributed by atoms with E-state index in [2.05, 4.69) is 10.6 Å². The Labute approximate surface area is 179 Å². The summed E-state index contributed by atoms with van der Waals surface area (Å²) in [6.07, 6.45) is 1.43. The van der Waals surface area contributed by atoms with Crippen molar-refractivity contribution in [2.75, 3.05) is 30.8 Å². The molecule has 0 saturated carbocycles. The third-order valence-electron chi connectivity index (χ3n) is 5.31. The van der Waals surface area contributed by atoms with E-state index in [0.717, 1.165) is 17.0 Å². The second-order valence-electron chi connectivity index (χ2n) is 7.32. The summed E-state index contributed by atoms with van der Waals surface area (Å²) in [5.41, 5.74) is 1.41. The fourth-order valence-corrected chi connectivity index (χ4v) is 4.76. The zero-order valence-corrected chi connectivity index (χ0v) is 17.4. The Morgan fingerprint density at radius 3 is 2.70 bits per heavy atom. The third-order valence-corrected chi connectivity index (χ3v) is 6.57. The zero-order chi connectivity index (χ0) is 21.1. The Balaban J connectivity index is 1.40. The van der Waals surface area contributed by atoms with Crippen molar-refractivity contribution in [3.63, 3.8) is 0 Å². The monoisotopic (exact) mass is 425 g/mol. The highest BCUT2D eigenvalue weighted by Gasteiger charge is 2.38. The summed E-state index contributed by atoms with van der Waals surface area (Å²) in [5, 5.41) is 4.89. The molecule has 2 heterocycles. The first-order valence-electron chi connectivity index (χ1n) is 9.85. The fraction of sp³-hybridized carbons (Fsp3) is 0.318. The van der Waals surface area contributed by atoms with Crippen LogP contribution in [0.4, 0.5) is 11.4 Å². The van der Waals surface area contributed by atoms with E-state index in [1.165, 1.54) is 11.8 Å². The Hall–Kier alpha value is -3.00.